The monoisotopic (exact) mass is 350 g/mol. The molecule has 0 fully saturated rings. The molecule has 2 aromatic carbocycles. The zero-order valence-electron chi connectivity index (χ0n) is 14.3. The van der Waals surface area contributed by atoms with Crippen molar-refractivity contribution in [3.63, 3.8) is 0 Å². The predicted octanol–water partition coefficient (Wildman–Crippen LogP) is 2.31. The lowest BCUT2D eigenvalue weighted by atomic mass is 10.1. The fourth-order valence-corrected chi connectivity index (χ4v) is 2.85. The van der Waals surface area contributed by atoms with Crippen molar-refractivity contribution in [1.29, 1.82) is 0 Å². The van der Waals surface area contributed by atoms with Crippen molar-refractivity contribution in [2.45, 2.75) is 6.54 Å². The van der Waals surface area contributed by atoms with Crippen LogP contribution in [0.3, 0.4) is 0 Å². The first-order valence-corrected chi connectivity index (χ1v) is 8.30. The first-order valence-electron chi connectivity index (χ1n) is 8.30. The molecule has 26 heavy (non-hydrogen) atoms. The molecule has 0 radical (unpaired) electrons. The highest BCUT2D eigenvalue weighted by atomic mass is 16.6. The highest BCUT2D eigenvalue weighted by molar-refractivity contribution is 5.94. The maximum absolute atomic E-state index is 12.7. The quantitative estimate of drug-likeness (QED) is 0.722. The number of rotatable bonds is 4. The van der Waals surface area contributed by atoms with E-state index >= 15 is 0 Å². The summed E-state index contributed by atoms with van der Waals surface area (Å²) in [5.74, 6) is 1.43. The summed E-state index contributed by atoms with van der Waals surface area (Å²) in [6, 6.07) is 13.0. The van der Waals surface area contributed by atoms with Crippen LogP contribution in [0.4, 0.5) is 0 Å². The molecule has 4 rings (SSSR count). The van der Waals surface area contributed by atoms with Gasteiger partial charge in [-0.3, -0.25) is 4.79 Å². The van der Waals surface area contributed by atoms with Crippen LogP contribution in [0, 0.1) is 0 Å². The Morgan fingerprint density at radius 1 is 1.12 bits per heavy atom. The molecule has 0 unspecified atom stereocenters. The molecule has 1 aliphatic rings. The van der Waals surface area contributed by atoms with Gasteiger partial charge in [0.2, 0.25) is 0 Å². The molecule has 0 N–H and O–H groups in total. The van der Waals surface area contributed by atoms with Gasteiger partial charge in [-0.15, -0.1) is 0 Å². The number of amides is 1. The number of hydrogen-bond donors (Lipinski definition) is 0. The van der Waals surface area contributed by atoms with Gasteiger partial charge in [-0.25, -0.2) is 9.67 Å². The lowest BCUT2D eigenvalue weighted by molar-refractivity contribution is 0.0785. The Morgan fingerprint density at radius 2 is 1.88 bits per heavy atom. The summed E-state index contributed by atoms with van der Waals surface area (Å²) in [6.07, 6.45) is 3.09. The average molecular weight is 350 g/mol. The SMILES string of the molecule is CN(Cc1ccc2c(c1)OCCO2)C(=O)c1ccc(-n2cncn2)cc1. The van der Waals surface area contributed by atoms with Crippen LogP contribution in [-0.2, 0) is 6.54 Å². The van der Waals surface area contributed by atoms with Gasteiger partial charge in [0.15, 0.2) is 11.5 Å². The number of fused-ring (bicyclic) bond motifs is 1. The molecule has 0 bridgehead atoms. The van der Waals surface area contributed by atoms with Crippen LogP contribution in [0.25, 0.3) is 5.69 Å². The summed E-state index contributed by atoms with van der Waals surface area (Å²) < 4.78 is 12.8. The summed E-state index contributed by atoms with van der Waals surface area (Å²) in [6.45, 7) is 1.60. The summed E-state index contributed by atoms with van der Waals surface area (Å²) in [5.41, 5.74) is 2.46. The van der Waals surface area contributed by atoms with Crippen LogP contribution in [0.1, 0.15) is 15.9 Å². The topological polar surface area (TPSA) is 69.5 Å². The van der Waals surface area contributed by atoms with Crippen molar-refractivity contribution in [3.05, 3.63) is 66.2 Å². The van der Waals surface area contributed by atoms with E-state index in [2.05, 4.69) is 10.1 Å². The molecule has 0 aliphatic carbocycles. The van der Waals surface area contributed by atoms with E-state index in [1.165, 1.54) is 6.33 Å². The summed E-state index contributed by atoms with van der Waals surface area (Å²) in [5, 5.41) is 4.08. The number of aromatic nitrogens is 3. The number of benzene rings is 2. The summed E-state index contributed by atoms with van der Waals surface area (Å²) in [7, 11) is 1.78. The van der Waals surface area contributed by atoms with Crippen molar-refractivity contribution in [2.24, 2.45) is 0 Å². The third-order valence-corrected chi connectivity index (χ3v) is 4.17. The Bertz CT molecular complexity index is 907. The van der Waals surface area contributed by atoms with Crippen LogP contribution in [-0.4, -0.2) is 45.8 Å². The lowest BCUT2D eigenvalue weighted by Crippen LogP contribution is -2.26. The fourth-order valence-electron chi connectivity index (χ4n) is 2.85. The second-order valence-corrected chi connectivity index (χ2v) is 6.03. The summed E-state index contributed by atoms with van der Waals surface area (Å²) >= 11 is 0. The van der Waals surface area contributed by atoms with Gasteiger partial charge < -0.3 is 14.4 Å². The largest absolute Gasteiger partial charge is 0.486 e. The molecule has 1 aliphatic heterocycles. The van der Waals surface area contributed by atoms with Crippen LogP contribution in [0.15, 0.2) is 55.1 Å². The molecule has 0 spiro atoms. The number of carbonyl (C=O) groups is 1. The van der Waals surface area contributed by atoms with E-state index in [0.29, 0.717) is 25.3 Å². The Labute approximate surface area is 150 Å². The van der Waals surface area contributed by atoms with Crippen LogP contribution < -0.4 is 9.47 Å². The third kappa shape index (κ3) is 3.23. The van der Waals surface area contributed by atoms with E-state index < -0.39 is 0 Å². The number of carbonyl (C=O) groups excluding carboxylic acids is 1. The molecular formula is C19H18N4O3. The van der Waals surface area contributed by atoms with E-state index in [0.717, 1.165) is 22.7 Å². The van der Waals surface area contributed by atoms with Gasteiger partial charge >= 0.3 is 0 Å². The van der Waals surface area contributed by atoms with Gasteiger partial charge in [-0.05, 0) is 42.0 Å². The van der Waals surface area contributed by atoms with Crippen LogP contribution in [0.5, 0.6) is 11.5 Å². The van der Waals surface area contributed by atoms with Gasteiger partial charge in [-0.1, -0.05) is 6.07 Å². The van der Waals surface area contributed by atoms with E-state index in [4.69, 9.17) is 9.47 Å². The van der Waals surface area contributed by atoms with Crippen molar-refractivity contribution in [3.8, 4) is 17.2 Å². The first kappa shape index (κ1) is 16.1. The van der Waals surface area contributed by atoms with Gasteiger partial charge in [0, 0.05) is 19.2 Å². The Kier molecular flexibility index (Phi) is 4.27. The Hall–Kier alpha value is -3.35. The van der Waals surface area contributed by atoms with E-state index in [1.54, 1.807) is 35.1 Å². The van der Waals surface area contributed by atoms with E-state index in [1.807, 2.05) is 30.3 Å². The van der Waals surface area contributed by atoms with Crippen molar-refractivity contribution in [2.75, 3.05) is 20.3 Å². The second-order valence-electron chi connectivity index (χ2n) is 6.03. The minimum absolute atomic E-state index is 0.0509. The fraction of sp³-hybridized carbons (Fsp3) is 0.211. The predicted molar refractivity (Wildman–Crippen MR) is 94.6 cm³/mol. The van der Waals surface area contributed by atoms with Gasteiger partial charge in [0.1, 0.15) is 25.9 Å². The zero-order valence-corrected chi connectivity index (χ0v) is 14.3. The smallest absolute Gasteiger partial charge is 0.253 e. The zero-order chi connectivity index (χ0) is 17.9. The van der Waals surface area contributed by atoms with E-state index in [-0.39, 0.29) is 5.91 Å². The highest BCUT2D eigenvalue weighted by Crippen LogP contribution is 2.31. The van der Waals surface area contributed by atoms with Gasteiger partial charge in [0.25, 0.3) is 5.91 Å². The Balaban J connectivity index is 1.46. The molecule has 3 aromatic rings. The van der Waals surface area contributed by atoms with Gasteiger partial charge in [-0.2, -0.15) is 5.10 Å². The van der Waals surface area contributed by atoms with Crippen LogP contribution in [0.2, 0.25) is 0 Å². The van der Waals surface area contributed by atoms with Crippen LogP contribution >= 0.6 is 0 Å². The molecule has 7 heteroatoms. The molecule has 7 nitrogen and oxygen atoms in total. The number of nitrogens with zero attached hydrogens (tertiary/aromatic N) is 4. The molecule has 1 amide bonds. The first-order chi connectivity index (χ1) is 12.7. The van der Waals surface area contributed by atoms with Crippen molar-refractivity contribution in [1.82, 2.24) is 19.7 Å². The normalized spacial score (nSPS) is 12.7. The maximum atomic E-state index is 12.7. The molecule has 132 valence electrons. The molecule has 2 heterocycles. The number of ether oxygens (including phenoxy) is 2. The second kappa shape index (κ2) is 6.87. The molecule has 1 aromatic heterocycles. The molecular weight excluding hydrogens is 332 g/mol. The van der Waals surface area contributed by atoms with Gasteiger partial charge in [0.05, 0.1) is 5.69 Å². The minimum atomic E-state index is -0.0509. The highest BCUT2D eigenvalue weighted by Gasteiger charge is 2.15. The standard InChI is InChI=1S/C19H18N4O3/c1-22(11-14-2-7-17-18(10-14)26-9-8-25-17)19(24)15-3-5-16(6-4-15)23-13-20-12-21-23/h2-7,10,12-13H,8-9,11H2,1H3. The lowest BCUT2D eigenvalue weighted by Gasteiger charge is -2.21. The summed E-state index contributed by atoms with van der Waals surface area (Å²) in [4.78, 5) is 18.3. The van der Waals surface area contributed by atoms with Crippen molar-refractivity contribution >= 4 is 5.91 Å². The minimum Gasteiger partial charge on any atom is -0.486 e. The maximum Gasteiger partial charge on any atom is 0.253 e. The Morgan fingerprint density at radius 3 is 2.62 bits per heavy atom. The third-order valence-electron chi connectivity index (χ3n) is 4.17. The number of hydrogen-bond acceptors (Lipinski definition) is 5. The van der Waals surface area contributed by atoms with Crippen molar-refractivity contribution < 1.29 is 14.3 Å². The average Bonchev–Trinajstić information content (AvgIpc) is 3.22. The van der Waals surface area contributed by atoms with E-state index in [9.17, 15) is 4.79 Å². The molecule has 0 saturated carbocycles. The molecule has 0 saturated heterocycles. The molecule has 0 atom stereocenters.